The molecule has 0 fully saturated rings. The predicted octanol–water partition coefficient (Wildman–Crippen LogP) is 2.85. The highest BCUT2D eigenvalue weighted by Gasteiger charge is 2.18. The van der Waals surface area contributed by atoms with Crippen molar-refractivity contribution in [3.05, 3.63) is 54.4 Å². The molecule has 29 heavy (non-hydrogen) atoms. The van der Waals surface area contributed by atoms with Crippen LogP contribution >= 0.6 is 0 Å². The molecule has 0 aliphatic heterocycles. The number of nitrogens with zero attached hydrogens (tertiary/aromatic N) is 2. The molecule has 0 bridgehead atoms. The first-order valence-corrected chi connectivity index (χ1v) is 9.27. The highest BCUT2D eigenvalue weighted by Crippen LogP contribution is 2.29. The van der Waals surface area contributed by atoms with Crippen LogP contribution in [0.1, 0.15) is 37.2 Å². The van der Waals surface area contributed by atoms with E-state index in [0.29, 0.717) is 17.1 Å². The van der Waals surface area contributed by atoms with Gasteiger partial charge in [-0.1, -0.05) is 12.1 Å². The van der Waals surface area contributed by atoms with E-state index in [1.807, 2.05) is 38.1 Å². The van der Waals surface area contributed by atoms with Crippen molar-refractivity contribution in [2.45, 2.75) is 32.9 Å². The van der Waals surface area contributed by atoms with E-state index < -0.39 is 11.9 Å². The second-order valence-electron chi connectivity index (χ2n) is 6.79. The number of para-hydroxylation sites is 2. The Bertz CT molecular complexity index is 1030. The minimum Gasteiger partial charge on any atom is -0.493 e. The van der Waals surface area contributed by atoms with E-state index in [1.54, 1.807) is 36.0 Å². The molecule has 1 heterocycles. The van der Waals surface area contributed by atoms with Crippen molar-refractivity contribution in [1.29, 1.82) is 0 Å². The summed E-state index contributed by atoms with van der Waals surface area (Å²) in [6.45, 7) is 5.54. The number of carbonyl (C=O) groups is 2. The van der Waals surface area contributed by atoms with Gasteiger partial charge in [0, 0.05) is 5.56 Å². The van der Waals surface area contributed by atoms with Gasteiger partial charge in [-0.15, -0.1) is 0 Å². The fraction of sp³-hybridized carbons (Fsp3) is 0.286. The summed E-state index contributed by atoms with van der Waals surface area (Å²) in [4.78, 5) is 29.2. The lowest BCUT2D eigenvalue weighted by Crippen LogP contribution is -2.44. The van der Waals surface area contributed by atoms with Gasteiger partial charge in [0.2, 0.25) is 0 Å². The number of nitrogens with one attached hydrogen (secondary N) is 2. The SMILES string of the molecule is COc1cc(C(=O)NNC(=O)C(C)n2cnc3ccccc32)ccc1OC(C)C. The first-order chi connectivity index (χ1) is 13.9. The first kappa shape index (κ1) is 20.2. The number of hydrogen-bond donors (Lipinski definition) is 2. The minimum absolute atomic E-state index is 0.0244. The molecule has 2 aromatic carbocycles. The zero-order valence-corrected chi connectivity index (χ0v) is 16.8. The van der Waals surface area contributed by atoms with E-state index in [1.165, 1.54) is 7.11 Å². The van der Waals surface area contributed by atoms with E-state index >= 15 is 0 Å². The van der Waals surface area contributed by atoms with Crippen molar-refractivity contribution in [1.82, 2.24) is 20.4 Å². The summed E-state index contributed by atoms with van der Waals surface area (Å²) < 4.78 is 12.7. The molecule has 0 saturated heterocycles. The molecule has 0 aliphatic rings. The lowest BCUT2D eigenvalue weighted by Gasteiger charge is -2.16. The Balaban J connectivity index is 1.66. The van der Waals surface area contributed by atoms with Gasteiger partial charge in [-0.3, -0.25) is 20.4 Å². The average Bonchev–Trinajstić information content (AvgIpc) is 3.15. The fourth-order valence-corrected chi connectivity index (χ4v) is 2.87. The maximum atomic E-state index is 12.5. The number of hydrazine groups is 1. The van der Waals surface area contributed by atoms with Crippen LogP contribution < -0.4 is 20.3 Å². The Kier molecular flexibility index (Phi) is 6.01. The van der Waals surface area contributed by atoms with E-state index in [4.69, 9.17) is 9.47 Å². The lowest BCUT2D eigenvalue weighted by atomic mass is 10.2. The number of benzene rings is 2. The molecule has 8 heteroatoms. The second-order valence-corrected chi connectivity index (χ2v) is 6.79. The largest absolute Gasteiger partial charge is 0.493 e. The van der Waals surface area contributed by atoms with Crippen LogP contribution in [0.4, 0.5) is 0 Å². The van der Waals surface area contributed by atoms with Gasteiger partial charge in [-0.2, -0.15) is 0 Å². The Morgan fingerprint density at radius 3 is 2.52 bits per heavy atom. The van der Waals surface area contributed by atoms with Crippen LogP contribution in [0.3, 0.4) is 0 Å². The molecule has 1 atom stereocenters. The number of rotatable bonds is 6. The summed E-state index contributed by atoms with van der Waals surface area (Å²) >= 11 is 0. The van der Waals surface area contributed by atoms with Gasteiger partial charge in [-0.05, 0) is 51.1 Å². The smallest absolute Gasteiger partial charge is 0.269 e. The van der Waals surface area contributed by atoms with Gasteiger partial charge in [0.15, 0.2) is 11.5 Å². The highest BCUT2D eigenvalue weighted by molar-refractivity contribution is 5.96. The molecule has 1 unspecified atom stereocenters. The molecule has 0 aliphatic carbocycles. The van der Waals surface area contributed by atoms with E-state index in [9.17, 15) is 9.59 Å². The van der Waals surface area contributed by atoms with E-state index in [2.05, 4.69) is 15.8 Å². The molecule has 2 N–H and O–H groups in total. The number of hydrogen-bond acceptors (Lipinski definition) is 5. The molecule has 1 aromatic heterocycles. The van der Waals surface area contributed by atoms with Crippen LogP contribution in [0.2, 0.25) is 0 Å². The second kappa shape index (κ2) is 8.64. The van der Waals surface area contributed by atoms with Crippen molar-refractivity contribution in [3.63, 3.8) is 0 Å². The molecule has 0 spiro atoms. The standard InChI is InChI=1S/C21H24N4O4/c1-13(2)29-18-10-9-15(11-19(18)28-4)21(27)24-23-20(26)14(3)25-12-22-16-7-5-6-8-17(16)25/h5-14H,1-4H3,(H,23,26)(H,24,27). The first-order valence-electron chi connectivity index (χ1n) is 9.27. The van der Waals surface area contributed by atoms with Crippen molar-refractivity contribution in [2.24, 2.45) is 0 Å². The summed E-state index contributed by atoms with van der Waals surface area (Å²) in [6.07, 6.45) is 1.58. The van der Waals surface area contributed by atoms with E-state index in [-0.39, 0.29) is 12.0 Å². The zero-order chi connectivity index (χ0) is 21.0. The average molecular weight is 396 g/mol. The van der Waals surface area contributed by atoms with Gasteiger partial charge >= 0.3 is 0 Å². The maximum absolute atomic E-state index is 12.5. The Labute approximate surface area is 168 Å². The molecule has 0 radical (unpaired) electrons. The van der Waals surface area contributed by atoms with Crippen molar-refractivity contribution in [2.75, 3.05) is 7.11 Å². The third-order valence-electron chi connectivity index (χ3n) is 4.37. The Morgan fingerprint density at radius 1 is 1.03 bits per heavy atom. The molecule has 152 valence electrons. The number of imidazole rings is 1. The number of amides is 2. The third-order valence-corrected chi connectivity index (χ3v) is 4.37. The van der Waals surface area contributed by atoms with Gasteiger partial charge in [0.05, 0.1) is 30.6 Å². The molecular weight excluding hydrogens is 372 g/mol. The van der Waals surface area contributed by atoms with Gasteiger partial charge in [-0.25, -0.2) is 4.98 Å². The van der Waals surface area contributed by atoms with Crippen LogP contribution in [-0.4, -0.2) is 34.6 Å². The monoisotopic (exact) mass is 396 g/mol. The van der Waals surface area contributed by atoms with Crippen LogP contribution in [0.25, 0.3) is 11.0 Å². The van der Waals surface area contributed by atoms with Gasteiger partial charge < -0.3 is 14.0 Å². The topological polar surface area (TPSA) is 94.5 Å². The maximum Gasteiger partial charge on any atom is 0.269 e. The van der Waals surface area contributed by atoms with Gasteiger partial charge in [0.1, 0.15) is 6.04 Å². The summed E-state index contributed by atoms with van der Waals surface area (Å²) in [5.41, 5.74) is 6.86. The van der Waals surface area contributed by atoms with Crippen LogP contribution in [0, 0.1) is 0 Å². The summed E-state index contributed by atoms with van der Waals surface area (Å²) in [5, 5.41) is 0. The normalized spacial score (nSPS) is 11.9. The van der Waals surface area contributed by atoms with Crippen LogP contribution in [0.5, 0.6) is 11.5 Å². The third kappa shape index (κ3) is 4.48. The van der Waals surface area contributed by atoms with Gasteiger partial charge in [0.25, 0.3) is 11.8 Å². The predicted molar refractivity (Wildman–Crippen MR) is 109 cm³/mol. The molecule has 0 saturated carbocycles. The number of ether oxygens (including phenoxy) is 2. The minimum atomic E-state index is -0.556. The van der Waals surface area contributed by atoms with Crippen LogP contribution in [-0.2, 0) is 4.79 Å². The zero-order valence-electron chi connectivity index (χ0n) is 16.8. The molecule has 2 amide bonds. The Morgan fingerprint density at radius 2 is 1.79 bits per heavy atom. The Hall–Kier alpha value is -3.55. The van der Waals surface area contributed by atoms with Crippen molar-refractivity contribution < 1.29 is 19.1 Å². The van der Waals surface area contributed by atoms with Crippen molar-refractivity contribution >= 4 is 22.8 Å². The number of aromatic nitrogens is 2. The molecule has 3 aromatic rings. The quantitative estimate of drug-likeness (QED) is 0.625. The summed E-state index contributed by atoms with van der Waals surface area (Å²) in [6, 6.07) is 11.8. The highest BCUT2D eigenvalue weighted by atomic mass is 16.5. The molecule has 3 rings (SSSR count). The van der Waals surface area contributed by atoms with E-state index in [0.717, 1.165) is 11.0 Å². The molecular formula is C21H24N4O4. The number of fused-ring (bicyclic) bond motifs is 1. The molecule has 8 nitrogen and oxygen atoms in total. The number of methoxy groups -OCH3 is 1. The van der Waals surface area contributed by atoms with Crippen molar-refractivity contribution in [3.8, 4) is 11.5 Å². The van der Waals surface area contributed by atoms with Crippen LogP contribution in [0.15, 0.2) is 48.8 Å². The lowest BCUT2D eigenvalue weighted by molar-refractivity contribution is -0.124. The summed E-state index contributed by atoms with van der Waals surface area (Å²) in [5.74, 6) is 0.156. The number of carbonyl (C=O) groups excluding carboxylic acids is 2. The fourth-order valence-electron chi connectivity index (χ4n) is 2.87. The summed E-state index contributed by atoms with van der Waals surface area (Å²) in [7, 11) is 1.50.